The molecule has 0 bridgehead atoms. The second-order valence-corrected chi connectivity index (χ2v) is 4.50. The first-order valence-electron chi connectivity index (χ1n) is 6.21. The van der Waals surface area contributed by atoms with Gasteiger partial charge in [-0.2, -0.15) is 0 Å². The molecule has 0 aliphatic heterocycles. The van der Waals surface area contributed by atoms with Gasteiger partial charge in [0.25, 0.3) is 0 Å². The van der Waals surface area contributed by atoms with E-state index in [1.807, 2.05) is 0 Å². The maximum Gasteiger partial charge on any atom is 0.0698 e. The quantitative estimate of drug-likeness (QED) is 0.631. The summed E-state index contributed by atoms with van der Waals surface area (Å²) in [6.07, 6.45) is 3.98. The van der Waals surface area contributed by atoms with E-state index in [0.717, 1.165) is 18.4 Å². The van der Waals surface area contributed by atoms with Crippen molar-refractivity contribution in [3.05, 3.63) is 0 Å². The molecule has 0 aromatic carbocycles. The average Bonchev–Trinajstić information content (AvgIpc) is 2.60. The van der Waals surface area contributed by atoms with E-state index in [1.54, 1.807) is 0 Å². The van der Waals surface area contributed by atoms with Crippen LogP contribution in [0.2, 0.25) is 0 Å². The summed E-state index contributed by atoms with van der Waals surface area (Å²) in [4.78, 5) is 0. The molecular weight excluding hydrogens is 190 g/mol. The molecule has 0 radical (unpaired) electrons. The molecule has 2 N–H and O–H groups in total. The zero-order valence-electron chi connectivity index (χ0n) is 10.0. The highest BCUT2D eigenvalue weighted by Crippen LogP contribution is 2.33. The van der Waals surface area contributed by atoms with Gasteiger partial charge < -0.3 is 15.2 Å². The predicted octanol–water partition coefficient (Wildman–Crippen LogP) is 1.41. The largest absolute Gasteiger partial charge is 0.394 e. The van der Waals surface area contributed by atoms with Gasteiger partial charge >= 0.3 is 0 Å². The van der Waals surface area contributed by atoms with Gasteiger partial charge in [0.1, 0.15) is 0 Å². The van der Waals surface area contributed by atoms with E-state index in [0.29, 0.717) is 19.3 Å². The molecule has 0 aromatic heterocycles. The van der Waals surface area contributed by atoms with Crippen LogP contribution >= 0.6 is 0 Å². The van der Waals surface area contributed by atoms with Crippen molar-refractivity contribution in [2.75, 3.05) is 26.4 Å². The lowest BCUT2D eigenvalue weighted by molar-refractivity contribution is 0.0917. The molecule has 1 aliphatic rings. The molecule has 1 fully saturated rings. The third kappa shape index (κ3) is 4.09. The number of hydrogen-bond acceptors (Lipinski definition) is 3. The molecule has 1 aliphatic carbocycles. The van der Waals surface area contributed by atoms with Gasteiger partial charge in [0.05, 0.1) is 19.8 Å². The molecule has 0 spiro atoms. The Kier molecular flexibility index (Phi) is 6.22. The van der Waals surface area contributed by atoms with Crippen LogP contribution in [0.5, 0.6) is 0 Å². The van der Waals surface area contributed by atoms with E-state index in [-0.39, 0.29) is 6.61 Å². The summed E-state index contributed by atoms with van der Waals surface area (Å²) in [5.74, 6) is 1.70. The fourth-order valence-electron chi connectivity index (χ4n) is 2.59. The summed E-state index contributed by atoms with van der Waals surface area (Å²) in [7, 11) is 0. The Morgan fingerprint density at radius 2 is 2.13 bits per heavy atom. The second kappa shape index (κ2) is 7.20. The van der Waals surface area contributed by atoms with Crippen molar-refractivity contribution < 1.29 is 9.84 Å². The summed E-state index contributed by atoms with van der Waals surface area (Å²) in [5.41, 5.74) is 0. The molecule has 3 nitrogen and oxygen atoms in total. The molecule has 1 saturated carbocycles. The smallest absolute Gasteiger partial charge is 0.0698 e. The minimum absolute atomic E-state index is 0.123. The van der Waals surface area contributed by atoms with Crippen molar-refractivity contribution in [2.45, 2.75) is 39.2 Å². The van der Waals surface area contributed by atoms with Crippen LogP contribution in [0.15, 0.2) is 0 Å². The number of rotatable bonds is 7. The number of hydrogen-bond donors (Lipinski definition) is 2. The average molecular weight is 215 g/mol. The van der Waals surface area contributed by atoms with E-state index in [2.05, 4.69) is 19.2 Å². The Hall–Kier alpha value is -0.120. The molecule has 3 unspecified atom stereocenters. The van der Waals surface area contributed by atoms with E-state index >= 15 is 0 Å². The molecule has 1 rings (SSSR count). The predicted molar refractivity (Wildman–Crippen MR) is 61.9 cm³/mol. The number of ether oxygens (including phenoxy) is 1. The van der Waals surface area contributed by atoms with Crippen LogP contribution in [-0.4, -0.2) is 37.5 Å². The topological polar surface area (TPSA) is 41.5 Å². The van der Waals surface area contributed by atoms with Gasteiger partial charge in [0.2, 0.25) is 0 Å². The summed E-state index contributed by atoms with van der Waals surface area (Å²) in [5, 5.41) is 12.1. The summed E-state index contributed by atoms with van der Waals surface area (Å²) in [6.45, 7) is 6.84. The van der Waals surface area contributed by atoms with Crippen molar-refractivity contribution in [1.82, 2.24) is 5.32 Å². The zero-order valence-corrected chi connectivity index (χ0v) is 10.0. The van der Waals surface area contributed by atoms with Gasteiger partial charge in [0.15, 0.2) is 0 Å². The van der Waals surface area contributed by atoms with Crippen LogP contribution < -0.4 is 5.32 Å². The fraction of sp³-hybridized carbons (Fsp3) is 1.00. The van der Waals surface area contributed by atoms with Crippen LogP contribution in [0.3, 0.4) is 0 Å². The van der Waals surface area contributed by atoms with Crippen LogP contribution in [0.4, 0.5) is 0 Å². The maximum absolute atomic E-state index is 8.54. The SMILES string of the molecule is CCC1CCC(NCCOCCO)C1C. The Morgan fingerprint density at radius 1 is 1.33 bits per heavy atom. The van der Waals surface area contributed by atoms with Crippen molar-refractivity contribution in [3.63, 3.8) is 0 Å². The zero-order chi connectivity index (χ0) is 11.1. The third-order valence-electron chi connectivity index (χ3n) is 3.64. The van der Waals surface area contributed by atoms with Gasteiger partial charge in [0, 0.05) is 12.6 Å². The number of aliphatic hydroxyl groups is 1. The lowest BCUT2D eigenvalue weighted by Gasteiger charge is -2.20. The maximum atomic E-state index is 8.54. The monoisotopic (exact) mass is 215 g/mol. The van der Waals surface area contributed by atoms with Gasteiger partial charge in [-0.3, -0.25) is 0 Å². The van der Waals surface area contributed by atoms with E-state index in [4.69, 9.17) is 9.84 Å². The van der Waals surface area contributed by atoms with Crippen LogP contribution in [0, 0.1) is 11.8 Å². The van der Waals surface area contributed by atoms with Crippen LogP contribution in [-0.2, 0) is 4.74 Å². The van der Waals surface area contributed by atoms with Crippen molar-refractivity contribution in [2.24, 2.45) is 11.8 Å². The Morgan fingerprint density at radius 3 is 2.73 bits per heavy atom. The molecule has 3 atom stereocenters. The minimum atomic E-state index is 0.123. The molecule has 90 valence electrons. The molecule has 0 aromatic rings. The van der Waals surface area contributed by atoms with Gasteiger partial charge in [-0.05, 0) is 24.7 Å². The molecule has 0 heterocycles. The highest BCUT2D eigenvalue weighted by Gasteiger charge is 2.30. The normalized spacial score (nSPS) is 31.0. The van der Waals surface area contributed by atoms with Crippen molar-refractivity contribution >= 4 is 0 Å². The van der Waals surface area contributed by atoms with E-state index < -0.39 is 0 Å². The third-order valence-corrected chi connectivity index (χ3v) is 3.64. The van der Waals surface area contributed by atoms with Crippen LogP contribution in [0.1, 0.15) is 33.1 Å². The van der Waals surface area contributed by atoms with Crippen molar-refractivity contribution in [1.29, 1.82) is 0 Å². The molecule has 15 heavy (non-hydrogen) atoms. The minimum Gasteiger partial charge on any atom is -0.394 e. The molecule has 0 amide bonds. The first kappa shape index (κ1) is 12.9. The van der Waals surface area contributed by atoms with Gasteiger partial charge in [-0.15, -0.1) is 0 Å². The Balaban J connectivity index is 2.07. The van der Waals surface area contributed by atoms with E-state index in [1.165, 1.54) is 19.3 Å². The van der Waals surface area contributed by atoms with Crippen molar-refractivity contribution in [3.8, 4) is 0 Å². The summed E-state index contributed by atoms with van der Waals surface area (Å²) < 4.78 is 5.22. The van der Waals surface area contributed by atoms with Gasteiger partial charge in [-0.1, -0.05) is 20.3 Å². The van der Waals surface area contributed by atoms with E-state index in [9.17, 15) is 0 Å². The molecule has 0 saturated heterocycles. The Bertz CT molecular complexity index is 164. The standard InChI is InChI=1S/C12H25NO2/c1-3-11-4-5-12(10(11)2)13-6-8-15-9-7-14/h10-14H,3-9H2,1-2H3. The summed E-state index contributed by atoms with van der Waals surface area (Å²) >= 11 is 0. The first-order chi connectivity index (χ1) is 7.29. The summed E-state index contributed by atoms with van der Waals surface area (Å²) in [6, 6.07) is 0.674. The van der Waals surface area contributed by atoms with Crippen LogP contribution in [0.25, 0.3) is 0 Å². The molecular formula is C12H25NO2. The molecule has 3 heteroatoms. The first-order valence-corrected chi connectivity index (χ1v) is 6.21. The van der Waals surface area contributed by atoms with Gasteiger partial charge in [-0.25, -0.2) is 0 Å². The fourth-order valence-corrected chi connectivity index (χ4v) is 2.59. The Labute approximate surface area is 93.2 Å². The highest BCUT2D eigenvalue weighted by molar-refractivity contribution is 4.86. The lowest BCUT2D eigenvalue weighted by atomic mass is 9.93. The number of nitrogens with one attached hydrogen (secondary N) is 1. The second-order valence-electron chi connectivity index (χ2n) is 4.50. The lowest BCUT2D eigenvalue weighted by Crippen LogP contribution is -2.35. The number of aliphatic hydroxyl groups excluding tert-OH is 1. The highest BCUT2D eigenvalue weighted by atomic mass is 16.5.